The average Bonchev–Trinajstić information content (AvgIpc) is 2.86. The van der Waals surface area contributed by atoms with E-state index in [1.165, 1.54) is 6.20 Å². The van der Waals surface area contributed by atoms with Gasteiger partial charge in [0.2, 0.25) is 10.0 Å². The monoisotopic (exact) mass is 285 g/mol. The molecule has 0 fully saturated rings. The molecule has 2 aromatic heterocycles. The number of aromatic amines is 1. The minimum absolute atomic E-state index is 0.197. The van der Waals surface area contributed by atoms with Gasteiger partial charge < -0.3 is 0 Å². The van der Waals surface area contributed by atoms with Gasteiger partial charge in [0.15, 0.2) is 0 Å². The molecular weight excluding hydrogens is 270 g/mol. The molecule has 2 rings (SSSR count). The highest BCUT2D eigenvalue weighted by molar-refractivity contribution is 7.89. The summed E-state index contributed by atoms with van der Waals surface area (Å²) >= 11 is 1.59. The molecule has 18 heavy (non-hydrogen) atoms. The fourth-order valence-electron chi connectivity index (χ4n) is 1.65. The van der Waals surface area contributed by atoms with Crippen molar-refractivity contribution in [1.29, 1.82) is 0 Å². The van der Waals surface area contributed by atoms with E-state index >= 15 is 0 Å². The molecule has 0 radical (unpaired) electrons. The molecule has 1 unspecified atom stereocenters. The molecule has 7 heteroatoms. The minimum Gasteiger partial charge on any atom is -0.281 e. The van der Waals surface area contributed by atoms with Gasteiger partial charge in [-0.05, 0) is 32.9 Å². The van der Waals surface area contributed by atoms with E-state index < -0.39 is 10.0 Å². The lowest BCUT2D eigenvalue weighted by Gasteiger charge is -2.12. The van der Waals surface area contributed by atoms with Gasteiger partial charge in [0.05, 0.1) is 17.9 Å². The first kappa shape index (κ1) is 13.3. The molecule has 0 bridgehead atoms. The zero-order valence-electron chi connectivity index (χ0n) is 10.4. The topological polar surface area (TPSA) is 74.8 Å². The average molecular weight is 285 g/mol. The summed E-state index contributed by atoms with van der Waals surface area (Å²) in [7, 11) is -3.52. The van der Waals surface area contributed by atoms with Gasteiger partial charge in [-0.1, -0.05) is 0 Å². The summed E-state index contributed by atoms with van der Waals surface area (Å²) < 4.78 is 26.9. The van der Waals surface area contributed by atoms with Crippen LogP contribution in [0.3, 0.4) is 0 Å². The van der Waals surface area contributed by atoms with Gasteiger partial charge in [-0.15, -0.1) is 11.3 Å². The summed E-state index contributed by atoms with van der Waals surface area (Å²) in [6.45, 7) is 5.51. The first-order valence-electron chi connectivity index (χ1n) is 5.49. The molecule has 0 saturated carbocycles. The molecule has 0 amide bonds. The van der Waals surface area contributed by atoms with Crippen molar-refractivity contribution in [2.45, 2.75) is 31.7 Å². The van der Waals surface area contributed by atoms with Crippen molar-refractivity contribution in [3.05, 3.63) is 33.8 Å². The molecule has 0 aliphatic carbocycles. The van der Waals surface area contributed by atoms with Gasteiger partial charge in [-0.2, -0.15) is 5.10 Å². The number of aromatic nitrogens is 2. The molecule has 1 atom stereocenters. The van der Waals surface area contributed by atoms with Crippen molar-refractivity contribution < 1.29 is 8.42 Å². The van der Waals surface area contributed by atoms with Crippen molar-refractivity contribution in [1.82, 2.24) is 14.9 Å². The Kier molecular flexibility index (Phi) is 3.56. The molecule has 0 aromatic carbocycles. The summed E-state index contributed by atoms with van der Waals surface area (Å²) in [5, 5.41) is 6.36. The van der Waals surface area contributed by atoms with E-state index in [1.54, 1.807) is 18.3 Å². The first-order chi connectivity index (χ1) is 8.40. The van der Waals surface area contributed by atoms with Crippen molar-refractivity contribution in [2.24, 2.45) is 0 Å². The summed E-state index contributed by atoms with van der Waals surface area (Å²) in [5.74, 6) is 0. The van der Waals surface area contributed by atoms with E-state index in [1.807, 2.05) is 26.0 Å². The first-order valence-corrected chi connectivity index (χ1v) is 7.79. The Balaban J connectivity index is 2.21. The van der Waals surface area contributed by atoms with E-state index in [2.05, 4.69) is 14.9 Å². The number of aryl methyl sites for hydroxylation is 2. The Labute approximate surface area is 110 Å². The molecule has 0 aliphatic heterocycles. The molecule has 2 heterocycles. The van der Waals surface area contributed by atoms with E-state index in [0.717, 1.165) is 9.75 Å². The molecule has 0 spiro atoms. The maximum Gasteiger partial charge on any atom is 0.244 e. The predicted molar refractivity (Wildman–Crippen MR) is 71.1 cm³/mol. The predicted octanol–water partition coefficient (Wildman–Crippen LogP) is 2.13. The Hall–Kier alpha value is -1.18. The third-order valence-electron chi connectivity index (χ3n) is 2.59. The van der Waals surface area contributed by atoms with Crippen molar-refractivity contribution in [2.75, 3.05) is 0 Å². The van der Waals surface area contributed by atoms with Crippen LogP contribution in [-0.4, -0.2) is 18.6 Å². The Morgan fingerprint density at radius 3 is 2.61 bits per heavy atom. The lowest BCUT2D eigenvalue weighted by molar-refractivity contribution is 0.568. The number of hydrogen-bond donors (Lipinski definition) is 2. The molecule has 0 saturated heterocycles. The lowest BCUT2D eigenvalue weighted by atomic mass is 10.3. The summed E-state index contributed by atoms with van der Waals surface area (Å²) in [5.41, 5.74) is 0.539. The van der Waals surface area contributed by atoms with E-state index in [0.29, 0.717) is 5.69 Å². The molecule has 2 aromatic rings. The molecule has 5 nitrogen and oxygen atoms in total. The highest BCUT2D eigenvalue weighted by atomic mass is 32.2. The van der Waals surface area contributed by atoms with Crippen LogP contribution in [0.2, 0.25) is 0 Å². The molecule has 2 N–H and O–H groups in total. The maximum atomic E-state index is 12.1. The highest BCUT2D eigenvalue weighted by Crippen LogP contribution is 2.24. The third kappa shape index (κ3) is 2.63. The van der Waals surface area contributed by atoms with Crippen LogP contribution in [0.15, 0.2) is 23.2 Å². The van der Waals surface area contributed by atoms with Gasteiger partial charge in [0.1, 0.15) is 4.90 Å². The summed E-state index contributed by atoms with van der Waals surface area (Å²) in [6, 6.07) is 3.67. The number of thiophene rings is 1. The Bertz CT molecular complexity index is 643. The largest absolute Gasteiger partial charge is 0.281 e. The maximum absolute atomic E-state index is 12.1. The lowest BCUT2D eigenvalue weighted by Crippen LogP contribution is -2.26. The van der Waals surface area contributed by atoms with Crippen LogP contribution >= 0.6 is 11.3 Å². The summed E-state index contributed by atoms with van der Waals surface area (Å²) in [4.78, 5) is 2.36. The van der Waals surface area contributed by atoms with E-state index in [4.69, 9.17) is 0 Å². The van der Waals surface area contributed by atoms with Gasteiger partial charge in [-0.3, -0.25) is 5.10 Å². The SMILES string of the molecule is Cc1ccc(C(C)NS(=O)(=O)c2cn[nH]c2C)s1. The van der Waals surface area contributed by atoms with Crippen molar-refractivity contribution in [3.63, 3.8) is 0 Å². The normalized spacial score (nSPS) is 13.7. The molecule has 98 valence electrons. The van der Waals surface area contributed by atoms with Gasteiger partial charge >= 0.3 is 0 Å². The zero-order valence-corrected chi connectivity index (χ0v) is 12.0. The standard InChI is InChI=1S/C11H15N3O2S2/c1-7-4-5-10(17-7)8(2)14-18(15,16)11-6-12-13-9(11)3/h4-6,8,14H,1-3H3,(H,12,13). The van der Waals surface area contributed by atoms with Crippen LogP contribution < -0.4 is 4.72 Å². The van der Waals surface area contributed by atoms with Crippen LogP contribution in [0.5, 0.6) is 0 Å². The third-order valence-corrected chi connectivity index (χ3v) is 5.43. The second-order valence-corrected chi connectivity index (χ2v) is 7.15. The smallest absolute Gasteiger partial charge is 0.244 e. The molecular formula is C11H15N3O2S2. The van der Waals surface area contributed by atoms with Crippen LogP contribution in [0.4, 0.5) is 0 Å². The van der Waals surface area contributed by atoms with Gasteiger partial charge in [0.25, 0.3) is 0 Å². The van der Waals surface area contributed by atoms with Crippen LogP contribution in [0.1, 0.15) is 28.4 Å². The fourth-order valence-corrected chi connectivity index (χ4v) is 3.96. The van der Waals surface area contributed by atoms with Crippen LogP contribution in [0.25, 0.3) is 0 Å². The highest BCUT2D eigenvalue weighted by Gasteiger charge is 2.22. The Morgan fingerprint density at radius 1 is 1.39 bits per heavy atom. The van der Waals surface area contributed by atoms with Gasteiger partial charge in [0, 0.05) is 9.75 Å². The van der Waals surface area contributed by atoms with Crippen LogP contribution in [-0.2, 0) is 10.0 Å². The van der Waals surface area contributed by atoms with E-state index in [9.17, 15) is 8.42 Å². The van der Waals surface area contributed by atoms with Crippen molar-refractivity contribution >= 4 is 21.4 Å². The zero-order chi connectivity index (χ0) is 13.3. The number of H-pyrrole nitrogens is 1. The van der Waals surface area contributed by atoms with Gasteiger partial charge in [-0.25, -0.2) is 13.1 Å². The minimum atomic E-state index is -3.52. The van der Waals surface area contributed by atoms with Crippen molar-refractivity contribution in [3.8, 4) is 0 Å². The Morgan fingerprint density at radius 2 is 2.11 bits per heavy atom. The van der Waals surface area contributed by atoms with Crippen LogP contribution in [0, 0.1) is 13.8 Å². The second-order valence-electron chi connectivity index (χ2n) is 4.15. The summed E-state index contributed by atoms with van der Waals surface area (Å²) in [6.07, 6.45) is 1.32. The number of nitrogens with one attached hydrogen (secondary N) is 2. The second kappa shape index (κ2) is 4.83. The van der Waals surface area contributed by atoms with E-state index in [-0.39, 0.29) is 10.9 Å². The number of hydrogen-bond acceptors (Lipinski definition) is 4. The fraction of sp³-hybridized carbons (Fsp3) is 0.364. The number of sulfonamides is 1. The number of rotatable bonds is 4. The quantitative estimate of drug-likeness (QED) is 0.903. The number of nitrogens with zero attached hydrogens (tertiary/aromatic N) is 1. The molecule has 0 aliphatic rings.